The summed E-state index contributed by atoms with van der Waals surface area (Å²) in [4.78, 5) is 11.6. The van der Waals surface area contributed by atoms with Gasteiger partial charge in [-0.1, -0.05) is 41.0 Å². The molecule has 1 aromatic carbocycles. The van der Waals surface area contributed by atoms with Gasteiger partial charge in [0.1, 0.15) is 0 Å². The van der Waals surface area contributed by atoms with Crippen molar-refractivity contribution in [1.29, 1.82) is 0 Å². The first kappa shape index (κ1) is 14.6. The van der Waals surface area contributed by atoms with E-state index in [0.29, 0.717) is 11.3 Å². The lowest BCUT2D eigenvalue weighted by molar-refractivity contribution is -0.136. The number of carboxylic acids is 1. The Labute approximate surface area is 124 Å². The maximum absolute atomic E-state index is 10.5. The highest BCUT2D eigenvalue weighted by molar-refractivity contribution is 7.19. The molecule has 0 atom stereocenters. The largest absolute Gasteiger partial charge is 0.481 e. The molecule has 0 saturated carbocycles. The number of hydrogen-bond donors (Lipinski definition) is 2. The molecule has 0 spiro atoms. The van der Waals surface area contributed by atoms with E-state index in [4.69, 9.17) is 21.9 Å². The van der Waals surface area contributed by atoms with Gasteiger partial charge in [-0.3, -0.25) is 4.79 Å². The van der Waals surface area contributed by atoms with Crippen molar-refractivity contribution in [3.05, 3.63) is 46.3 Å². The molecule has 6 heteroatoms. The number of benzene rings is 1. The van der Waals surface area contributed by atoms with Crippen LogP contribution in [0.3, 0.4) is 0 Å². The fourth-order valence-electron chi connectivity index (χ4n) is 1.77. The minimum Gasteiger partial charge on any atom is -0.481 e. The maximum atomic E-state index is 10.5. The molecular formula is C14H12ClNO3S. The van der Waals surface area contributed by atoms with Crippen LogP contribution in [0.4, 0.5) is 0 Å². The summed E-state index contributed by atoms with van der Waals surface area (Å²) < 4.78 is 0.725. The topological polar surface area (TPSA) is 69.9 Å². The van der Waals surface area contributed by atoms with Gasteiger partial charge in [-0.15, -0.1) is 11.3 Å². The van der Waals surface area contributed by atoms with Crippen molar-refractivity contribution in [2.24, 2.45) is 5.16 Å². The second-order valence-corrected chi connectivity index (χ2v) is 5.84. The zero-order valence-electron chi connectivity index (χ0n) is 10.4. The number of carbonyl (C=O) groups is 1. The Bertz CT molecular complexity index is 634. The van der Waals surface area contributed by atoms with Crippen LogP contribution in [-0.4, -0.2) is 22.0 Å². The average Bonchev–Trinajstić information content (AvgIpc) is 2.86. The molecule has 4 nitrogen and oxygen atoms in total. The second-order valence-electron chi connectivity index (χ2n) is 4.12. The van der Waals surface area contributed by atoms with Gasteiger partial charge in [0.2, 0.25) is 0 Å². The highest BCUT2D eigenvalue weighted by atomic mass is 35.5. The zero-order valence-corrected chi connectivity index (χ0v) is 12.0. The number of carboxylic acid groups (broad SMARTS) is 1. The summed E-state index contributed by atoms with van der Waals surface area (Å²) in [7, 11) is 0. The highest BCUT2D eigenvalue weighted by Crippen LogP contribution is 2.31. The second kappa shape index (κ2) is 6.54. The lowest BCUT2D eigenvalue weighted by atomic mass is 10.0. The molecule has 1 aromatic heterocycles. The maximum Gasteiger partial charge on any atom is 0.303 e. The summed E-state index contributed by atoms with van der Waals surface area (Å²) in [6, 6.07) is 11.2. The summed E-state index contributed by atoms with van der Waals surface area (Å²) in [5.41, 5.74) is 2.09. The zero-order chi connectivity index (χ0) is 14.5. The van der Waals surface area contributed by atoms with Crippen molar-refractivity contribution in [3.8, 4) is 10.4 Å². The van der Waals surface area contributed by atoms with Crippen LogP contribution < -0.4 is 0 Å². The van der Waals surface area contributed by atoms with Gasteiger partial charge in [0.05, 0.1) is 16.5 Å². The lowest BCUT2D eigenvalue weighted by Crippen LogP contribution is -2.05. The third-order valence-electron chi connectivity index (χ3n) is 2.77. The van der Waals surface area contributed by atoms with Gasteiger partial charge in [0.25, 0.3) is 0 Å². The number of rotatable bonds is 5. The van der Waals surface area contributed by atoms with Crippen molar-refractivity contribution in [3.63, 3.8) is 0 Å². The molecule has 2 N–H and O–H groups in total. The van der Waals surface area contributed by atoms with E-state index in [1.165, 1.54) is 11.3 Å². The van der Waals surface area contributed by atoms with E-state index < -0.39 is 5.97 Å². The first-order chi connectivity index (χ1) is 9.60. The third-order valence-corrected chi connectivity index (χ3v) is 4.05. The first-order valence-corrected chi connectivity index (χ1v) is 7.08. The summed E-state index contributed by atoms with van der Waals surface area (Å²) in [5.74, 6) is -0.920. The quantitative estimate of drug-likeness (QED) is 0.496. The summed E-state index contributed by atoms with van der Waals surface area (Å²) in [6.45, 7) is 0. The molecule has 0 radical (unpaired) electrons. The third kappa shape index (κ3) is 3.59. The van der Waals surface area contributed by atoms with Crippen LogP contribution in [0.25, 0.3) is 10.4 Å². The fourth-order valence-corrected chi connectivity index (χ4v) is 2.82. The van der Waals surface area contributed by atoms with E-state index >= 15 is 0 Å². The fraction of sp³-hybridized carbons (Fsp3) is 0.143. The van der Waals surface area contributed by atoms with Crippen LogP contribution in [-0.2, 0) is 4.79 Å². The van der Waals surface area contributed by atoms with Gasteiger partial charge in [-0.2, -0.15) is 0 Å². The Morgan fingerprint density at radius 2 is 1.85 bits per heavy atom. The Morgan fingerprint density at radius 3 is 2.35 bits per heavy atom. The minimum absolute atomic E-state index is 0.0678. The van der Waals surface area contributed by atoms with Gasteiger partial charge in [-0.05, 0) is 23.3 Å². The van der Waals surface area contributed by atoms with Gasteiger partial charge in [0.15, 0.2) is 0 Å². The van der Waals surface area contributed by atoms with Crippen LogP contribution in [0, 0.1) is 0 Å². The number of aliphatic carboxylic acids is 1. The number of nitrogens with zero attached hydrogens (tertiary/aromatic N) is 1. The molecule has 0 bridgehead atoms. The Balaban J connectivity index is 2.16. The SMILES string of the molecule is O=C(O)CC/C(=N\O)c1ccc(-c2ccc(Cl)s2)cc1. The van der Waals surface area contributed by atoms with Crippen LogP contribution in [0.5, 0.6) is 0 Å². The van der Waals surface area contributed by atoms with Crippen molar-refractivity contribution in [2.45, 2.75) is 12.8 Å². The predicted molar refractivity (Wildman–Crippen MR) is 80.0 cm³/mol. The summed E-state index contributed by atoms with van der Waals surface area (Å²) in [6.07, 6.45) is 0.123. The molecule has 2 rings (SSSR count). The van der Waals surface area contributed by atoms with E-state index in [-0.39, 0.29) is 12.8 Å². The van der Waals surface area contributed by atoms with Gasteiger partial charge in [-0.25, -0.2) is 0 Å². The Kier molecular flexibility index (Phi) is 4.76. The molecule has 20 heavy (non-hydrogen) atoms. The molecule has 2 aromatic rings. The standard InChI is InChI=1S/C14H12ClNO3S/c15-13-7-6-12(20-13)10-3-1-9(2-4-10)11(16-19)5-8-14(17)18/h1-4,6-7,19H,5,8H2,(H,17,18)/b16-11+. The molecule has 0 saturated heterocycles. The van der Waals surface area contributed by atoms with Crippen molar-refractivity contribution >= 4 is 34.6 Å². The first-order valence-electron chi connectivity index (χ1n) is 5.89. The van der Waals surface area contributed by atoms with Crippen LogP contribution >= 0.6 is 22.9 Å². The van der Waals surface area contributed by atoms with E-state index in [1.807, 2.05) is 24.3 Å². The van der Waals surface area contributed by atoms with Gasteiger partial charge >= 0.3 is 5.97 Å². The van der Waals surface area contributed by atoms with Crippen LogP contribution in [0.2, 0.25) is 4.34 Å². The minimum atomic E-state index is -0.920. The smallest absolute Gasteiger partial charge is 0.303 e. The van der Waals surface area contributed by atoms with Gasteiger partial charge < -0.3 is 10.3 Å². The van der Waals surface area contributed by atoms with Crippen molar-refractivity contribution in [2.75, 3.05) is 0 Å². The Hall–Kier alpha value is -1.85. The number of thiophene rings is 1. The highest BCUT2D eigenvalue weighted by Gasteiger charge is 2.08. The molecule has 0 aliphatic carbocycles. The van der Waals surface area contributed by atoms with E-state index in [0.717, 1.165) is 14.8 Å². The molecule has 0 fully saturated rings. The monoisotopic (exact) mass is 309 g/mol. The van der Waals surface area contributed by atoms with Crippen LogP contribution in [0.15, 0.2) is 41.6 Å². The predicted octanol–water partition coefficient (Wildman–Crippen LogP) is 4.11. The number of oxime groups is 1. The normalized spacial score (nSPS) is 11.6. The molecule has 0 unspecified atom stereocenters. The van der Waals surface area contributed by atoms with Gasteiger partial charge in [0, 0.05) is 11.3 Å². The van der Waals surface area contributed by atoms with Crippen molar-refractivity contribution < 1.29 is 15.1 Å². The van der Waals surface area contributed by atoms with E-state index in [2.05, 4.69) is 5.16 Å². The lowest BCUT2D eigenvalue weighted by Gasteiger charge is -2.04. The number of halogens is 1. The molecule has 104 valence electrons. The average molecular weight is 310 g/mol. The summed E-state index contributed by atoms with van der Waals surface area (Å²) in [5, 5.41) is 20.8. The Morgan fingerprint density at radius 1 is 1.15 bits per heavy atom. The molecule has 0 aliphatic rings. The molecular weight excluding hydrogens is 298 g/mol. The summed E-state index contributed by atoms with van der Waals surface area (Å²) >= 11 is 7.38. The van der Waals surface area contributed by atoms with Crippen molar-refractivity contribution in [1.82, 2.24) is 0 Å². The molecule has 0 aliphatic heterocycles. The molecule has 0 amide bonds. The van der Waals surface area contributed by atoms with E-state index in [1.54, 1.807) is 12.1 Å². The number of hydrogen-bond acceptors (Lipinski definition) is 4. The van der Waals surface area contributed by atoms with Crippen LogP contribution in [0.1, 0.15) is 18.4 Å². The van der Waals surface area contributed by atoms with E-state index in [9.17, 15) is 4.79 Å². The molecule has 1 heterocycles.